The van der Waals surface area contributed by atoms with E-state index < -0.39 is 0 Å². The van der Waals surface area contributed by atoms with Crippen LogP contribution in [0, 0.1) is 12.7 Å². The maximum atomic E-state index is 13.5. The Morgan fingerprint density at radius 2 is 1.95 bits per heavy atom. The van der Waals surface area contributed by atoms with Gasteiger partial charge in [0.15, 0.2) is 0 Å². The third-order valence-corrected chi connectivity index (χ3v) is 3.31. The van der Waals surface area contributed by atoms with Crippen molar-refractivity contribution in [2.24, 2.45) is 0 Å². The maximum Gasteiger partial charge on any atom is 0.126 e. The van der Waals surface area contributed by atoms with Gasteiger partial charge in [0.2, 0.25) is 0 Å². The number of pyridine rings is 1. The van der Waals surface area contributed by atoms with E-state index in [0.717, 1.165) is 18.5 Å². The van der Waals surface area contributed by atoms with Crippen LogP contribution in [-0.4, -0.2) is 11.5 Å². The van der Waals surface area contributed by atoms with Crippen molar-refractivity contribution in [2.75, 3.05) is 6.54 Å². The molecule has 0 saturated carbocycles. The first-order valence-electron chi connectivity index (χ1n) is 6.55. The maximum absolute atomic E-state index is 13.5. The second kappa shape index (κ2) is 6.43. The van der Waals surface area contributed by atoms with Crippen LogP contribution in [0.15, 0.2) is 42.7 Å². The third-order valence-electron chi connectivity index (χ3n) is 3.31. The Morgan fingerprint density at radius 3 is 2.63 bits per heavy atom. The predicted molar refractivity (Wildman–Crippen MR) is 75.5 cm³/mol. The van der Waals surface area contributed by atoms with E-state index in [9.17, 15) is 4.39 Å². The highest BCUT2D eigenvalue weighted by atomic mass is 19.1. The number of aryl methyl sites for hydroxylation is 1. The molecule has 0 bridgehead atoms. The van der Waals surface area contributed by atoms with Gasteiger partial charge in [0.1, 0.15) is 5.82 Å². The largest absolute Gasteiger partial charge is 0.310 e. The molecule has 0 aliphatic carbocycles. The summed E-state index contributed by atoms with van der Waals surface area (Å²) in [6.45, 7) is 4.69. The SMILES string of the molecule is Cc1ccc(C(C)NCCc2ccncc2)cc1F. The van der Waals surface area contributed by atoms with Gasteiger partial charge in [0.05, 0.1) is 0 Å². The van der Waals surface area contributed by atoms with Gasteiger partial charge in [-0.1, -0.05) is 12.1 Å². The van der Waals surface area contributed by atoms with Crippen molar-refractivity contribution in [3.05, 3.63) is 65.2 Å². The van der Waals surface area contributed by atoms with Crippen LogP contribution in [0.2, 0.25) is 0 Å². The lowest BCUT2D eigenvalue weighted by atomic mass is 10.1. The highest BCUT2D eigenvalue weighted by molar-refractivity contribution is 5.25. The molecule has 1 aromatic carbocycles. The summed E-state index contributed by atoms with van der Waals surface area (Å²) < 4.78 is 13.5. The molecule has 0 aliphatic heterocycles. The van der Waals surface area contributed by atoms with Gasteiger partial charge >= 0.3 is 0 Å². The molecule has 0 aliphatic rings. The first-order valence-corrected chi connectivity index (χ1v) is 6.55. The molecule has 2 rings (SSSR count). The monoisotopic (exact) mass is 258 g/mol. The molecule has 2 aromatic rings. The number of nitrogens with zero attached hydrogens (tertiary/aromatic N) is 1. The van der Waals surface area contributed by atoms with Crippen LogP contribution in [0.5, 0.6) is 0 Å². The zero-order valence-electron chi connectivity index (χ0n) is 11.4. The second-order valence-corrected chi connectivity index (χ2v) is 4.79. The molecule has 1 aromatic heterocycles. The molecule has 100 valence electrons. The van der Waals surface area contributed by atoms with Crippen molar-refractivity contribution in [3.8, 4) is 0 Å². The average molecular weight is 258 g/mol. The smallest absolute Gasteiger partial charge is 0.126 e. The van der Waals surface area contributed by atoms with Crippen molar-refractivity contribution in [1.82, 2.24) is 10.3 Å². The zero-order valence-corrected chi connectivity index (χ0v) is 11.4. The number of hydrogen-bond acceptors (Lipinski definition) is 2. The van der Waals surface area contributed by atoms with Crippen LogP contribution in [0.1, 0.15) is 29.7 Å². The van der Waals surface area contributed by atoms with Gasteiger partial charge in [0.25, 0.3) is 0 Å². The first-order chi connectivity index (χ1) is 9.16. The molecule has 0 fully saturated rings. The predicted octanol–water partition coefficient (Wildman–Crippen LogP) is 3.42. The van der Waals surface area contributed by atoms with E-state index in [-0.39, 0.29) is 11.9 Å². The van der Waals surface area contributed by atoms with Crippen LogP contribution in [0.25, 0.3) is 0 Å². The Labute approximate surface area is 113 Å². The number of nitrogens with one attached hydrogen (secondary N) is 1. The Bertz CT molecular complexity index is 526. The van der Waals surface area contributed by atoms with Gasteiger partial charge in [-0.05, 0) is 61.7 Å². The van der Waals surface area contributed by atoms with Crippen LogP contribution in [0.3, 0.4) is 0 Å². The number of rotatable bonds is 5. The highest BCUT2D eigenvalue weighted by Gasteiger charge is 2.06. The van der Waals surface area contributed by atoms with Crippen LogP contribution in [-0.2, 0) is 6.42 Å². The van der Waals surface area contributed by atoms with E-state index in [2.05, 4.69) is 17.2 Å². The minimum absolute atomic E-state index is 0.139. The van der Waals surface area contributed by atoms with E-state index in [1.54, 1.807) is 25.4 Å². The lowest BCUT2D eigenvalue weighted by Crippen LogP contribution is -2.21. The second-order valence-electron chi connectivity index (χ2n) is 4.79. The van der Waals surface area contributed by atoms with Gasteiger partial charge in [-0.3, -0.25) is 4.98 Å². The first kappa shape index (κ1) is 13.7. The Morgan fingerprint density at radius 1 is 1.21 bits per heavy atom. The number of benzene rings is 1. The molecule has 0 spiro atoms. The van der Waals surface area contributed by atoms with Crippen molar-refractivity contribution < 1.29 is 4.39 Å². The molecule has 1 unspecified atom stereocenters. The van der Waals surface area contributed by atoms with Gasteiger partial charge < -0.3 is 5.32 Å². The summed E-state index contributed by atoms with van der Waals surface area (Å²) in [7, 11) is 0. The van der Waals surface area contributed by atoms with Crippen molar-refractivity contribution in [2.45, 2.75) is 26.3 Å². The topological polar surface area (TPSA) is 24.9 Å². The van der Waals surface area contributed by atoms with Crippen molar-refractivity contribution >= 4 is 0 Å². The summed E-state index contributed by atoms with van der Waals surface area (Å²) in [6, 6.07) is 9.58. The molecule has 0 radical (unpaired) electrons. The lowest BCUT2D eigenvalue weighted by Gasteiger charge is -2.15. The summed E-state index contributed by atoms with van der Waals surface area (Å²) in [5.41, 5.74) is 2.93. The lowest BCUT2D eigenvalue weighted by molar-refractivity contribution is 0.565. The molecule has 1 atom stereocenters. The quantitative estimate of drug-likeness (QED) is 0.888. The molecule has 19 heavy (non-hydrogen) atoms. The van der Waals surface area contributed by atoms with E-state index in [0.29, 0.717) is 5.56 Å². The Balaban J connectivity index is 1.87. The molecule has 2 nitrogen and oxygen atoms in total. The van der Waals surface area contributed by atoms with Crippen LogP contribution in [0.4, 0.5) is 4.39 Å². The molecule has 1 heterocycles. The van der Waals surface area contributed by atoms with Gasteiger partial charge in [-0.25, -0.2) is 4.39 Å². The summed E-state index contributed by atoms with van der Waals surface area (Å²) >= 11 is 0. The molecule has 0 saturated heterocycles. The summed E-state index contributed by atoms with van der Waals surface area (Å²) in [4.78, 5) is 3.99. The van der Waals surface area contributed by atoms with E-state index in [1.807, 2.05) is 24.3 Å². The molecule has 0 amide bonds. The highest BCUT2D eigenvalue weighted by Crippen LogP contribution is 2.16. The van der Waals surface area contributed by atoms with Gasteiger partial charge in [0, 0.05) is 18.4 Å². The third kappa shape index (κ3) is 3.86. The fraction of sp³-hybridized carbons (Fsp3) is 0.312. The van der Waals surface area contributed by atoms with E-state index in [1.165, 1.54) is 5.56 Å². The fourth-order valence-electron chi connectivity index (χ4n) is 1.98. The van der Waals surface area contributed by atoms with Gasteiger partial charge in [-0.2, -0.15) is 0 Å². The minimum Gasteiger partial charge on any atom is -0.310 e. The minimum atomic E-state index is -0.139. The number of aromatic nitrogens is 1. The standard InChI is InChI=1S/C16H19FN2/c1-12-3-4-15(11-16(12)17)13(2)19-10-7-14-5-8-18-9-6-14/h3-6,8-9,11,13,19H,7,10H2,1-2H3. The van der Waals surface area contributed by atoms with Gasteiger partial charge in [-0.15, -0.1) is 0 Å². The summed E-state index contributed by atoms with van der Waals surface area (Å²) in [6.07, 6.45) is 4.55. The Hall–Kier alpha value is -1.74. The molecular formula is C16H19FN2. The average Bonchev–Trinajstić information content (AvgIpc) is 2.43. The zero-order chi connectivity index (χ0) is 13.7. The van der Waals surface area contributed by atoms with Crippen LogP contribution >= 0.6 is 0 Å². The number of halogens is 1. The molecular weight excluding hydrogens is 239 g/mol. The van der Waals surface area contributed by atoms with Crippen molar-refractivity contribution in [3.63, 3.8) is 0 Å². The fourth-order valence-corrected chi connectivity index (χ4v) is 1.98. The Kier molecular flexibility index (Phi) is 4.63. The summed E-state index contributed by atoms with van der Waals surface area (Å²) in [5.74, 6) is -0.139. The van der Waals surface area contributed by atoms with E-state index >= 15 is 0 Å². The number of hydrogen-bond donors (Lipinski definition) is 1. The summed E-state index contributed by atoms with van der Waals surface area (Å²) in [5, 5.41) is 3.41. The molecule has 1 N–H and O–H groups in total. The van der Waals surface area contributed by atoms with Crippen molar-refractivity contribution in [1.29, 1.82) is 0 Å². The van der Waals surface area contributed by atoms with Crippen LogP contribution < -0.4 is 5.32 Å². The van der Waals surface area contributed by atoms with E-state index in [4.69, 9.17) is 0 Å². The molecule has 3 heteroatoms. The normalized spacial score (nSPS) is 12.4.